The molecule has 0 saturated carbocycles. The number of aliphatic hydroxyl groups is 1. The maximum Gasteiger partial charge on any atom is 0.251 e. The molecule has 0 saturated heterocycles. The van der Waals surface area contributed by atoms with Crippen molar-refractivity contribution in [2.75, 3.05) is 6.54 Å². The van der Waals surface area contributed by atoms with E-state index >= 15 is 0 Å². The Bertz CT molecular complexity index is 642. The summed E-state index contributed by atoms with van der Waals surface area (Å²) in [5.41, 5.74) is 4.01. The summed E-state index contributed by atoms with van der Waals surface area (Å²) in [6.07, 6.45) is 2.31. The predicted octanol–water partition coefficient (Wildman–Crippen LogP) is 3.13. The monoisotopic (exact) mass is 332 g/mol. The van der Waals surface area contributed by atoms with Gasteiger partial charge in [0.05, 0.1) is 16.8 Å². The van der Waals surface area contributed by atoms with Crippen LogP contribution in [0, 0.1) is 6.92 Å². The fraction of sp³-hybridized carbons (Fsp3) is 0.444. The molecule has 0 fully saturated rings. The molecule has 5 heteroatoms. The first-order valence-corrected chi connectivity index (χ1v) is 8.71. The predicted molar refractivity (Wildman–Crippen MR) is 93.9 cm³/mol. The molecule has 1 amide bonds. The van der Waals surface area contributed by atoms with Crippen molar-refractivity contribution in [3.63, 3.8) is 0 Å². The van der Waals surface area contributed by atoms with Crippen molar-refractivity contribution in [3.05, 3.63) is 51.5 Å². The van der Waals surface area contributed by atoms with E-state index in [4.69, 9.17) is 0 Å². The Balaban J connectivity index is 1.82. The summed E-state index contributed by atoms with van der Waals surface area (Å²) in [6, 6.07) is 7.59. The number of benzene rings is 1. The molecule has 0 radical (unpaired) electrons. The Labute approximate surface area is 141 Å². The SMILES string of the molecule is Cc1ncsc1CCNC(=O)c1ccc(CCC(C)(C)O)cc1. The lowest BCUT2D eigenvalue weighted by atomic mass is 9.98. The van der Waals surface area contributed by atoms with E-state index in [0.717, 1.165) is 24.1 Å². The van der Waals surface area contributed by atoms with Gasteiger partial charge >= 0.3 is 0 Å². The summed E-state index contributed by atoms with van der Waals surface area (Å²) < 4.78 is 0. The average molecular weight is 332 g/mol. The number of nitrogens with one attached hydrogen (secondary N) is 1. The van der Waals surface area contributed by atoms with Crippen molar-refractivity contribution in [2.45, 2.75) is 45.6 Å². The highest BCUT2D eigenvalue weighted by Crippen LogP contribution is 2.14. The van der Waals surface area contributed by atoms with Gasteiger partial charge in [0, 0.05) is 23.4 Å². The quantitative estimate of drug-likeness (QED) is 0.819. The highest BCUT2D eigenvalue weighted by atomic mass is 32.1. The maximum atomic E-state index is 12.1. The van der Waals surface area contributed by atoms with E-state index in [2.05, 4.69) is 10.3 Å². The molecule has 0 atom stereocenters. The van der Waals surface area contributed by atoms with Crippen LogP contribution in [0.3, 0.4) is 0 Å². The number of nitrogens with zero attached hydrogens (tertiary/aromatic N) is 1. The van der Waals surface area contributed by atoms with Crippen molar-refractivity contribution in [3.8, 4) is 0 Å². The zero-order valence-electron chi connectivity index (χ0n) is 13.9. The largest absolute Gasteiger partial charge is 0.390 e. The van der Waals surface area contributed by atoms with Gasteiger partial charge < -0.3 is 10.4 Å². The summed E-state index contributed by atoms with van der Waals surface area (Å²) in [5.74, 6) is -0.0544. The Morgan fingerprint density at radius 2 is 1.96 bits per heavy atom. The van der Waals surface area contributed by atoms with Crippen molar-refractivity contribution in [2.24, 2.45) is 0 Å². The first-order chi connectivity index (χ1) is 10.8. The molecule has 124 valence electrons. The molecule has 0 unspecified atom stereocenters. The molecular weight excluding hydrogens is 308 g/mol. The number of hydrogen-bond acceptors (Lipinski definition) is 4. The summed E-state index contributed by atoms with van der Waals surface area (Å²) in [5, 5.41) is 12.7. The molecule has 1 aromatic carbocycles. The fourth-order valence-corrected chi connectivity index (χ4v) is 3.01. The van der Waals surface area contributed by atoms with Crippen LogP contribution < -0.4 is 5.32 Å². The van der Waals surface area contributed by atoms with Gasteiger partial charge in [0.25, 0.3) is 5.91 Å². The molecule has 0 bridgehead atoms. The summed E-state index contributed by atoms with van der Waals surface area (Å²) in [6.45, 7) is 6.21. The lowest BCUT2D eigenvalue weighted by Crippen LogP contribution is -2.25. The van der Waals surface area contributed by atoms with Gasteiger partial charge in [0.15, 0.2) is 0 Å². The van der Waals surface area contributed by atoms with E-state index in [1.54, 1.807) is 25.2 Å². The molecule has 0 aliphatic heterocycles. The van der Waals surface area contributed by atoms with Crippen LogP contribution in [0.4, 0.5) is 0 Å². The number of thiazole rings is 1. The first-order valence-electron chi connectivity index (χ1n) is 7.83. The molecule has 1 aromatic heterocycles. The third-order valence-corrected chi connectivity index (χ3v) is 4.72. The van der Waals surface area contributed by atoms with E-state index in [1.165, 1.54) is 4.88 Å². The van der Waals surface area contributed by atoms with Crippen LogP contribution in [0.2, 0.25) is 0 Å². The maximum absolute atomic E-state index is 12.1. The van der Waals surface area contributed by atoms with Crippen LogP contribution in [0.5, 0.6) is 0 Å². The van der Waals surface area contributed by atoms with Crippen LogP contribution >= 0.6 is 11.3 Å². The van der Waals surface area contributed by atoms with Gasteiger partial charge in [-0.2, -0.15) is 0 Å². The molecule has 4 nitrogen and oxygen atoms in total. The van der Waals surface area contributed by atoms with Crippen LogP contribution in [-0.4, -0.2) is 28.1 Å². The van der Waals surface area contributed by atoms with Gasteiger partial charge in [-0.15, -0.1) is 11.3 Å². The normalized spacial score (nSPS) is 11.5. The third kappa shape index (κ3) is 5.77. The van der Waals surface area contributed by atoms with E-state index in [0.29, 0.717) is 18.5 Å². The third-order valence-electron chi connectivity index (χ3n) is 3.72. The zero-order valence-corrected chi connectivity index (χ0v) is 14.7. The molecule has 2 aromatic rings. The molecule has 0 aliphatic carbocycles. The zero-order chi connectivity index (χ0) is 16.9. The molecule has 2 rings (SSSR count). The second kappa shape index (κ2) is 7.70. The number of aryl methyl sites for hydroxylation is 2. The van der Waals surface area contributed by atoms with Gasteiger partial charge in [-0.1, -0.05) is 12.1 Å². The summed E-state index contributed by atoms with van der Waals surface area (Å²) in [4.78, 5) is 17.5. The van der Waals surface area contributed by atoms with Crippen LogP contribution in [-0.2, 0) is 12.8 Å². The topological polar surface area (TPSA) is 62.2 Å². The van der Waals surface area contributed by atoms with Gasteiger partial charge in [0.2, 0.25) is 0 Å². The fourth-order valence-electron chi connectivity index (χ4n) is 2.23. The van der Waals surface area contributed by atoms with Crippen molar-refractivity contribution in [1.82, 2.24) is 10.3 Å². The lowest BCUT2D eigenvalue weighted by molar-refractivity contribution is 0.0713. The van der Waals surface area contributed by atoms with Crippen LogP contribution in [0.1, 0.15) is 46.8 Å². The molecule has 1 heterocycles. The van der Waals surface area contributed by atoms with Crippen molar-refractivity contribution >= 4 is 17.2 Å². The number of amides is 1. The van der Waals surface area contributed by atoms with Crippen molar-refractivity contribution < 1.29 is 9.90 Å². The van der Waals surface area contributed by atoms with Gasteiger partial charge in [-0.25, -0.2) is 4.98 Å². The van der Waals surface area contributed by atoms with Gasteiger partial charge in [0.1, 0.15) is 0 Å². The second-order valence-electron chi connectivity index (χ2n) is 6.38. The minimum absolute atomic E-state index is 0.0544. The summed E-state index contributed by atoms with van der Waals surface area (Å²) >= 11 is 1.62. The van der Waals surface area contributed by atoms with Crippen LogP contribution in [0.15, 0.2) is 29.8 Å². The van der Waals surface area contributed by atoms with E-state index in [-0.39, 0.29) is 5.91 Å². The lowest BCUT2D eigenvalue weighted by Gasteiger charge is -2.16. The Morgan fingerprint density at radius 3 is 2.52 bits per heavy atom. The number of hydrogen-bond donors (Lipinski definition) is 2. The van der Waals surface area contributed by atoms with E-state index < -0.39 is 5.60 Å². The average Bonchev–Trinajstić information content (AvgIpc) is 2.90. The minimum atomic E-state index is -0.662. The number of rotatable bonds is 7. The number of carbonyl (C=O) groups excluding carboxylic acids is 1. The molecular formula is C18H24N2O2S. The van der Waals surface area contributed by atoms with Crippen LogP contribution in [0.25, 0.3) is 0 Å². The number of aromatic nitrogens is 1. The Morgan fingerprint density at radius 1 is 1.26 bits per heavy atom. The minimum Gasteiger partial charge on any atom is -0.390 e. The Kier molecular flexibility index (Phi) is 5.91. The van der Waals surface area contributed by atoms with E-state index in [1.807, 2.05) is 36.7 Å². The smallest absolute Gasteiger partial charge is 0.251 e. The summed E-state index contributed by atoms with van der Waals surface area (Å²) in [7, 11) is 0. The highest BCUT2D eigenvalue weighted by molar-refractivity contribution is 7.09. The Hall–Kier alpha value is -1.72. The molecule has 0 spiro atoms. The first kappa shape index (κ1) is 17.6. The van der Waals surface area contributed by atoms with E-state index in [9.17, 15) is 9.90 Å². The molecule has 0 aliphatic rings. The highest BCUT2D eigenvalue weighted by Gasteiger charge is 2.12. The molecule has 23 heavy (non-hydrogen) atoms. The second-order valence-corrected chi connectivity index (χ2v) is 7.32. The standard InChI is InChI=1S/C18H24N2O2S/c1-13-16(23-12-20-13)9-11-19-17(21)15-6-4-14(5-7-15)8-10-18(2,3)22/h4-7,12,22H,8-11H2,1-3H3,(H,19,21). The molecule has 2 N–H and O–H groups in total. The van der Waals surface area contributed by atoms with Gasteiger partial charge in [-0.05, 0) is 51.3 Å². The van der Waals surface area contributed by atoms with Crippen molar-refractivity contribution in [1.29, 1.82) is 0 Å². The number of carbonyl (C=O) groups is 1. The van der Waals surface area contributed by atoms with Gasteiger partial charge in [-0.3, -0.25) is 4.79 Å².